The van der Waals surface area contributed by atoms with Crippen molar-refractivity contribution in [2.75, 3.05) is 7.05 Å². The molecule has 1 atom stereocenters. The summed E-state index contributed by atoms with van der Waals surface area (Å²) in [5.74, 6) is -0.235. The minimum absolute atomic E-state index is 0.0964. The maximum absolute atomic E-state index is 11.7. The van der Waals surface area contributed by atoms with Gasteiger partial charge in [0.2, 0.25) is 11.8 Å². The molecule has 1 saturated heterocycles. The van der Waals surface area contributed by atoms with Gasteiger partial charge in [-0.3, -0.25) is 19.5 Å². The monoisotopic (exact) mass is 239 g/mol. The van der Waals surface area contributed by atoms with Crippen LogP contribution in [0.3, 0.4) is 0 Å². The lowest BCUT2D eigenvalue weighted by molar-refractivity contribution is -0.148. The number of hydrogen-bond donors (Lipinski definition) is 1. The molecule has 2 rings (SSSR count). The van der Waals surface area contributed by atoms with Gasteiger partial charge in [0.25, 0.3) is 0 Å². The van der Waals surface area contributed by atoms with Gasteiger partial charge in [0.1, 0.15) is 0 Å². The number of amides is 2. The third kappa shape index (κ3) is 2.28. The smallest absolute Gasteiger partial charge is 0.246 e. The highest BCUT2D eigenvalue weighted by Gasteiger charge is 2.31. The first-order valence-corrected chi connectivity index (χ1v) is 5.97. The Kier molecular flexibility index (Phi) is 3.31. The number of nitrogens with zero attached hydrogens (tertiary/aromatic N) is 2. The topological polar surface area (TPSA) is 62.3 Å². The molecule has 2 heterocycles. The number of thiazole rings is 1. The summed E-state index contributed by atoms with van der Waals surface area (Å²) in [5, 5.41) is 3.15. The number of carbonyl (C=O) groups excluding carboxylic acids is 2. The van der Waals surface area contributed by atoms with Crippen molar-refractivity contribution in [3.05, 3.63) is 16.6 Å². The van der Waals surface area contributed by atoms with Crippen LogP contribution in [-0.2, 0) is 16.1 Å². The summed E-state index contributed by atoms with van der Waals surface area (Å²) >= 11 is 1.55. The molecule has 0 bridgehead atoms. The van der Waals surface area contributed by atoms with Crippen LogP contribution in [0.4, 0.5) is 0 Å². The molecule has 0 aromatic carbocycles. The quantitative estimate of drug-likeness (QED) is 0.775. The van der Waals surface area contributed by atoms with Crippen molar-refractivity contribution >= 4 is 23.2 Å². The molecule has 1 aliphatic rings. The van der Waals surface area contributed by atoms with Crippen molar-refractivity contribution < 1.29 is 9.59 Å². The van der Waals surface area contributed by atoms with Crippen LogP contribution < -0.4 is 5.32 Å². The van der Waals surface area contributed by atoms with E-state index >= 15 is 0 Å². The number of nitrogens with one attached hydrogen (secondary N) is 1. The average molecular weight is 239 g/mol. The van der Waals surface area contributed by atoms with Crippen LogP contribution in [-0.4, -0.2) is 34.8 Å². The van der Waals surface area contributed by atoms with E-state index in [1.165, 1.54) is 11.9 Å². The van der Waals surface area contributed by atoms with Gasteiger partial charge in [0.15, 0.2) is 0 Å². The zero-order valence-corrected chi connectivity index (χ0v) is 9.79. The van der Waals surface area contributed by atoms with Crippen LogP contribution in [0.25, 0.3) is 0 Å². The van der Waals surface area contributed by atoms with Crippen LogP contribution >= 0.6 is 11.3 Å². The molecule has 1 N–H and O–H groups in total. The molecule has 5 nitrogen and oxygen atoms in total. The number of likely N-dealkylation sites (N-methyl/N-ethyl adjacent to an activating group) is 1. The van der Waals surface area contributed by atoms with E-state index in [4.69, 9.17) is 0 Å². The van der Waals surface area contributed by atoms with Crippen molar-refractivity contribution in [1.29, 1.82) is 0 Å². The lowest BCUT2D eigenvalue weighted by Crippen LogP contribution is -2.51. The molecule has 0 aliphatic carbocycles. The van der Waals surface area contributed by atoms with Crippen molar-refractivity contribution in [3.8, 4) is 0 Å². The Morgan fingerprint density at radius 1 is 1.62 bits per heavy atom. The molecule has 1 aromatic rings. The van der Waals surface area contributed by atoms with Crippen LogP contribution in [0.5, 0.6) is 0 Å². The third-order valence-corrected chi connectivity index (χ3v) is 3.44. The molecule has 1 aliphatic heterocycles. The molecule has 1 fully saturated rings. The largest absolute Gasteiger partial charge is 0.301 e. The van der Waals surface area contributed by atoms with Gasteiger partial charge in [0, 0.05) is 31.1 Å². The molecule has 2 amide bonds. The normalized spacial score (nSPS) is 21.6. The number of hydrogen-bond acceptors (Lipinski definition) is 5. The van der Waals surface area contributed by atoms with Gasteiger partial charge >= 0.3 is 0 Å². The minimum atomic E-state index is -0.246. The zero-order valence-electron chi connectivity index (χ0n) is 8.97. The Labute approximate surface area is 97.5 Å². The second-order valence-electron chi connectivity index (χ2n) is 3.73. The fraction of sp³-hybridized carbons (Fsp3) is 0.500. The van der Waals surface area contributed by atoms with Gasteiger partial charge in [-0.15, -0.1) is 11.3 Å². The van der Waals surface area contributed by atoms with E-state index in [-0.39, 0.29) is 17.9 Å². The molecule has 0 spiro atoms. The van der Waals surface area contributed by atoms with E-state index in [1.54, 1.807) is 23.0 Å². The molecule has 0 saturated carbocycles. The van der Waals surface area contributed by atoms with Crippen molar-refractivity contribution in [2.45, 2.75) is 25.4 Å². The van der Waals surface area contributed by atoms with E-state index < -0.39 is 0 Å². The number of piperidine rings is 1. The average Bonchev–Trinajstić information content (AvgIpc) is 2.78. The number of likely N-dealkylation sites (tertiary alicyclic amines) is 1. The standard InChI is InChI=1S/C10H13N3O2S/c1-13-9(14)3-2-8(10(13)15)12-5-7-4-11-6-16-7/h4,6,8,12H,2-3,5H2,1H3. The second-order valence-corrected chi connectivity index (χ2v) is 4.70. The number of carbonyl (C=O) groups is 2. The first-order valence-electron chi connectivity index (χ1n) is 5.09. The highest BCUT2D eigenvalue weighted by atomic mass is 32.1. The summed E-state index contributed by atoms with van der Waals surface area (Å²) in [6, 6.07) is -0.246. The predicted molar refractivity (Wildman–Crippen MR) is 59.8 cm³/mol. The molecule has 16 heavy (non-hydrogen) atoms. The predicted octanol–water partition coefficient (Wildman–Crippen LogP) is 0.380. The Bertz CT molecular complexity index is 391. The summed E-state index contributed by atoms with van der Waals surface area (Å²) in [4.78, 5) is 29.2. The van der Waals surface area contributed by atoms with Crippen molar-refractivity contribution in [2.24, 2.45) is 0 Å². The highest BCUT2D eigenvalue weighted by molar-refractivity contribution is 7.09. The summed E-state index contributed by atoms with van der Waals surface area (Å²) in [6.45, 7) is 0.628. The summed E-state index contributed by atoms with van der Waals surface area (Å²) in [6.07, 6.45) is 2.79. The first kappa shape index (κ1) is 11.2. The maximum Gasteiger partial charge on any atom is 0.246 e. The Morgan fingerprint density at radius 3 is 3.12 bits per heavy atom. The Balaban J connectivity index is 1.91. The van der Waals surface area contributed by atoms with Crippen LogP contribution in [0.2, 0.25) is 0 Å². The molecule has 0 radical (unpaired) electrons. The van der Waals surface area contributed by atoms with Crippen molar-refractivity contribution in [1.82, 2.24) is 15.2 Å². The maximum atomic E-state index is 11.7. The van der Waals surface area contributed by atoms with Gasteiger partial charge in [-0.05, 0) is 6.42 Å². The number of imide groups is 1. The molecule has 1 aromatic heterocycles. The Hall–Kier alpha value is -1.27. The van der Waals surface area contributed by atoms with Crippen molar-refractivity contribution in [3.63, 3.8) is 0 Å². The lowest BCUT2D eigenvalue weighted by Gasteiger charge is -2.28. The second kappa shape index (κ2) is 4.71. The first-order chi connectivity index (χ1) is 7.68. The zero-order chi connectivity index (χ0) is 11.5. The molecule has 86 valence electrons. The SMILES string of the molecule is CN1C(=O)CCC(NCc2cncs2)C1=O. The fourth-order valence-corrected chi connectivity index (χ4v) is 2.20. The van der Waals surface area contributed by atoms with Gasteiger partial charge in [-0.1, -0.05) is 0 Å². The van der Waals surface area contributed by atoms with Gasteiger partial charge in [0.05, 0.1) is 11.6 Å². The molecule has 6 heteroatoms. The van der Waals surface area contributed by atoms with E-state index in [0.717, 1.165) is 4.88 Å². The van der Waals surface area contributed by atoms with E-state index in [0.29, 0.717) is 19.4 Å². The Morgan fingerprint density at radius 2 is 2.44 bits per heavy atom. The van der Waals surface area contributed by atoms with Gasteiger partial charge in [-0.25, -0.2) is 0 Å². The lowest BCUT2D eigenvalue weighted by atomic mass is 10.0. The van der Waals surface area contributed by atoms with Gasteiger partial charge < -0.3 is 5.32 Å². The molecular weight excluding hydrogens is 226 g/mol. The van der Waals surface area contributed by atoms with E-state index in [2.05, 4.69) is 10.3 Å². The highest BCUT2D eigenvalue weighted by Crippen LogP contribution is 2.13. The summed E-state index contributed by atoms with van der Waals surface area (Å²) in [5.41, 5.74) is 1.76. The summed E-state index contributed by atoms with van der Waals surface area (Å²) < 4.78 is 0. The summed E-state index contributed by atoms with van der Waals surface area (Å²) in [7, 11) is 1.53. The van der Waals surface area contributed by atoms with E-state index in [9.17, 15) is 9.59 Å². The van der Waals surface area contributed by atoms with Crippen LogP contribution in [0.15, 0.2) is 11.7 Å². The number of aromatic nitrogens is 1. The van der Waals surface area contributed by atoms with E-state index in [1.807, 2.05) is 0 Å². The number of rotatable bonds is 3. The fourth-order valence-electron chi connectivity index (χ4n) is 1.66. The van der Waals surface area contributed by atoms with Crippen LogP contribution in [0, 0.1) is 0 Å². The van der Waals surface area contributed by atoms with Crippen LogP contribution in [0.1, 0.15) is 17.7 Å². The third-order valence-electron chi connectivity index (χ3n) is 2.66. The van der Waals surface area contributed by atoms with Gasteiger partial charge in [-0.2, -0.15) is 0 Å². The minimum Gasteiger partial charge on any atom is -0.301 e. The molecule has 1 unspecified atom stereocenters. The molecular formula is C10H13N3O2S.